The lowest BCUT2D eigenvalue weighted by Crippen LogP contribution is -2.29. The van der Waals surface area contributed by atoms with Gasteiger partial charge in [-0.1, -0.05) is 0 Å². The number of nitrogens with zero attached hydrogens (tertiary/aromatic N) is 2. The summed E-state index contributed by atoms with van der Waals surface area (Å²) in [4.78, 5) is 2.26. The lowest BCUT2D eigenvalue weighted by Gasteiger charge is -2.18. The molecule has 0 amide bonds. The summed E-state index contributed by atoms with van der Waals surface area (Å²) < 4.78 is 36.6. The average molecular weight is 300 g/mol. The molecule has 0 unspecified atom stereocenters. The Labute approximate surface area is 119 Å². The molecular weight excluding hydrogens is 280 g/mol. The van der Waals surface area contributed by atoms with Crippen molar-refractivity contribution in [1.82, 2.24) is 9.21 Å². The van der Waals surface area contributed by atoms with Gasteiger partial charge in [0.25, 0.3) is 0 Å². The Bertz CT molecular complexity index is 572. The third-order valence-corrected chi connectivity index (χ3v) is 4.98. The highest BCUT2D eigenvalue weighted by Crippen LogP contribution is 2.34. The van der Waals surface area contributed by atoms with E-state index in [1.165, 1.54) is 10.4 Å². The Balaban J connectivity index is 2.09. The molecule has 6 nitrogen and oxygen atoms in total. The predicted octanol–water partition coefficient (Wildman–Crippen LogP) is 0.987. The molecule has 0 saturated carbocycles. The van der Waals surface area contributed by atoms with Gasteiger partial charge in [-0.2, -0.15) is 0 Å². The summed E-state index contributed by atoms with van der Waals surface area (Å²) in [5, 5.41) is 0. The Morgan fingerprint density at radius 3 is 2.50 bits per heavy atom. The smallest absolute Gasteiger partial charge is 0.242 e. The van der Waals surface area contributed by atoms with E-state index in [0.29, 0.717) is 18.0 Å². The van der Waals surface area contributed by atoms with Crippen molar-refractivity contribution >= 4 is 10.0 Å². The van der Waals surface area contributed by atoms with Crippen molar-refractivity contribution in [2.24, 2.45) is 0 Å². The van der Waals surface area contributed by atoms with E-state index in [4.69, 9.17) is 9.47 Å². The first kappa shape index (κ1) is 15.1. The standard InChI is InChI=1S/C13H20N2O4S/c1-14(2)7-4-8-15(3)20(16,17)11-5-6-12-13(9-11)19-10-18-12/h5-6,9H,4,7-8,10H2,1-3H3. The van der Waals surface area contributed by atoms with Crippen LogP contribution in [0.1, 0.15) is 6.42 Å². The molecule has 0 bridgehead atoms. The summed E-state index contributed by atoms with van der Waals surface area (Å²) in [7, 11) is 2.04. The monoisotopic (exact) mass is 300 g/mol. The van der Waals surface area contributed by atoms with Gasteiger partial charge in [0, 0.05) is 19.7 Å². The number of benzene rings is 1. The molecule has 0 fully saturated rings. The van der Waals surface area contributed by atoms with Crippen LogP contribution in [-0.4, -0.2) is 58.6 Å². The Kier molecular flexibility index (Phi) is 4.52. The zero-order valence-electron chi connectivity index (χ0n) is 12.0. The van der Waals surface area contributed by atoms with Gasteiger partial charge in [-0.15, -0.1) is 0 Å². The molecule has 0 N–H and O–H groups in total. The molecule has 7 heteroatoms. The number of hydrogen-bond acceptors (Lipinski definition) is 5. The molecule has 112 valence electrons. The molecule has 1 aromatic carbocycles. The van der Waals surface area contributed by atoms with Gasteiger partial charge >= 0.3 is 0 Å². The molecule has 1 aliphatic rings. The number of hydrogen-bond donors (Lipinski definition) is 0. The van der Waals surface area contributed by atoms with Crippen molar-refractivity contribution < 1.29 is 17.9 Å². The Morgan fingerprint density at radius 1 is 1.10 bits per heavy atom. The van der Waals surface area contributed by atoms with Crippen LogP contribution >= 0.6 is 0 Å². The largest absolute Gasteiger partial charge is 0.454 e. The van der Waals surface area contributed by atoms with Crippen LogP contribution in [0.25, 0.3) is 0 Å². The minimum atomic E-state index is -3.48. The SMILES string of the molecule is CN(C)CCCN(C)S(=O)(=O)c1ccc2c(c1)OCO2. The second-order valence-electron chi connectivity index (χ2n) is 5.00. The lowest BCUT2D eigenvalue weighted by atomic mass is 10.3. The average Bonchev–Trinajstić information content (AvgIpc) is 2.85. The van der Waals surface area contributed by atoms with Crippen LogP contribution in [0, 0.1) is 0 Å². The molecule has 0 atom stereocenters. The summed E-state index contributed by atoms with van der Waals surface area (Å²) in [6.45, 7) is 1.47. The number of ether oxygens (including phenoxy) is 2. The van der Waals surface area contributed by atoms with E-state index < -0.39 is 10.0 Å². The second kappa shape index (κ2) is 5.99. The summed E-state index contributed by atoms with van der Waals surface area (Å²) in [5.74, 6) is 1.06. The van der Waals surface area contributed by atoms with Gasteiger partial charge < -0.3 is 14.4 Å². The quantitative estimate of drug-likeness (QED) is 0.784. The van der Waals surface area contributed by atoms with Crippen molar-refractivity contribution in [2.75, 3.05) is 41.0 Å². The Morgan fingerprint density at radius 2 is 1.80 bits per heavy atom. The first-order valence-corrected chi connectivity index (χ1v) is 7.86. The minimum Gasteiger partial charge on any atom is -0.454 e. The van der Waals surface area contributed by atoms with Gasteiger partial charge in [0.1, 0.15) is 0 Å². The van der Waals surface area contributed by atoms with Crippen molar-refractivity contribution in [2.45, 2.75) is 11.3 Å². The second-order valence-corrected chi connectivity index (χ2v) is 7.04. The van der Waals surface area contributed by atoms with Crippen LogP contribution in [-0.2, 0) is 10.0 Å². The van der Waals surface area contributed by atoms with Gasteiger partial charge in [0.2, 0.25) is 16.8 Å². The molecule has 0 aromatic heterocycles. The number of fused-ring (bicyclic) bond motifs is 1. The van der Waals surface area contributed by atoms with Crippen molar-refractivity contribution in [1.29, 1.82) is 0 Å². The fourth-order valence-corrected chi connectivity index (χ4v) is 3.17. The number of rotatable bonds is 6. The van der Waals surface area contributed by atoms with E-state index >= 15 is 0 Å². The summed E-state index contributed by atoms with van der Waals surface area (Å²) in [6, 6.07) is 4.69. The highest BCUT2D eigenvalue weighted by Gasteiger charge is 2.23. The first-order valence-electron chi connectivity index (χ1n) is 6.42. The Hall–Kier alpha value is -1.31. The molecule has 1 aromatic rings. The summed E-state index contributed by atoms with van der Waals surface area (Å²) in [6.07, 6.45) is 0.785. The first-order chi connectivity index (χ1) is 9.41. The van der Waals surface area contributed by atoms with Crippen LogP contribution in [0.2, 0.25) is 0 Å². The minimum absolute atomic E-state index is 0.136. The van der Waals surface area contributed by atoms with Crippen LogP contribution in [0.15, 0.2) is 23.1 Å². The third-order valence-electron chi connectivity index (χ3n) is 3.13. The normalized spacial score (nSPS) is 14.2. The molecule has 2 rings (SSSR count). The van der Waals surface area contributed by atoms with Gasteiger partial charge in [-0.3, -0.25) is 0 Å². The maximum atomic E-state index is 12.4. The lowest BCUT2D eigenvalue weighted by molar-refractivity contribution is 0.174. The van der Waals surface area contributed by atoms with Gasteiger partial charge in [-0.25, -0.2) is 12.7 Å². The molecule has 1 aliphatic heterocycles. The van der Waals surface area contributed by atoms with E-state index in [-0.39, 0.29) is 11.7 Å². The van der Waals surface area contributed by atoms with E-state index in [2.05, 4.69) is 0 Å². The molecule has 0 spiro atoms. The summed E-state index contributed by atoms with van der Waals surface area (Å²) >= 11 is 0. The van der Waals surface area contributed by atoms with Gasteiger partial charge in [0.05, 0.1) is 4.90 Å². The molecule has 0 radical (unpaired) electrons. The van der Waals surface area contributed by atoms with Crippen LogP contribution in [0.5, 0.6) is 11.5 Å². The highest BCUT2D eigenvalue weighted by molar-refractivity contribution is 7.89. The van der Waals surface area contributed by atoms with Crippen LogP contribution in [0.3, 0.4) is 0 Å². The molecule has 1 heterocycles. The van der Waals surface area contributed by atoms with E-state index in [1.54, 1.807) is 19.2 Å². The number of sulfonamides is 1. The topological polar surface area (TPSA) is 59.1 Å². The zero-order chi connectivity index (χ0) is 14.8. The van der Waals surface area contributed by atoms with E-state index in [9.17, 15) is 8.42 Å². The predicted molar refractivity (Wildman–Crippen MR) is 75.6 cm³/mol. The van der Waals surface area contributed by atoms with E-state index in [1.807, 2.05) is 19.0 Å². The van der Waals surface area contributed by atoms with Gasteiger partial charge in [0.15, 0.2) is 11.5 Å². The van der Waals surface area contributed by atoms with Crippen LogP contribution in [0.4, 0.5) is 0 Å². The van der Waals surface area contributed by atoms with Crippen molar-refractivity contribution in [3.8, 4) is 11.5 Å². The van der Waals surface area contributed by atoms with Crippen molar-refractivity contribution in [3.05, 3.63) is 18.2 Å². The highest BCUT2D eigenvalue weighted by atomic mass is 32.2. The molecule has 20 heavy (non-hydrogen) atoms. The molecule has 0 aliphatic carbocycles. The van der Waals surface area contributed by atoms with Gasteiger partial charge in [-0.05, 0) is 39.2 Å². The fraction of sp³-hybridized carbons (Fsp3) is 0.538. The maximum Gasteiger partial charge on any atom is 0.242 e. The summed E-state index contributed by atoms with van der Waals surface area (Å²) in [5.41, 5.74) is 0. The van der Waals surface area contributed by atoms with E-state index in [0.717, 1.165) is 13.0 Å². The van der Waals surface area contributed by atoms with Crippen LogP contribution < -0.4 is 9.47 Å². The fourth-order valence-electron chi connectivity index (χ4n) is 1.95. The third kappa shape index (κ3) is 3.23. The van der Waals surface area contributed by atoms with Crippen molar-refractivity contribution in [3.63, 3.8) is 0 Å². The zero-order valence-corrected chi connectivity index (χ0v) is 12.8. The maximum absolute atomic E-state index is 12.4. The molecule has 0 saturated heterocycles. The molecular formula is C13H20N2O4S.